The topological polar surface area (TPSA) is 92.5 Å². The number of carboxylic acids is 1. The molecule has 2 fully saturated rings. The van der Waals surface area contributed by atoms with Crippen molar-refractivity contribution in [2.75, 3.05) is 6.54 Å². The number of ketones is 1. The zero-order valence-electron chi connectivity index (χ0n) is 21.8. The molecule has 1 aromatic heterocycles. The summed E-state index contributed by atoms with van der Waals surface area (Å²) < 4.78 is 44.2. The summed E-state index contributed by atoms with van der Waals surface area (Å²) in [6.07, 6.45) is -2.04. The number of rotatable bonds is 7. The van der Waals surface area contributed by atoms with Crippen molar-refractivity contribution in [1.82, 2.24) is 14.7 Å². The van der Waals surface area contributed by atoms with Crippen molar-refractivity contribution < 1.29 is 32.7 Å². The Balaban J connectivity index is 1.70. The normalized spacial score (nSPS) is 24.6. The van der Waals surface area contributed by atoms with Crippen LogP contribution in [0.4, 0.5) is 13.2 Å². The van der Waals surface area contributed by atoms with Gasteiger partial charge in [-0.3, -0.25) is 19.1 Å². The van der Waals surface area contributed by atoms with E-state index in [1.807, 2.05) is 13.8 Å². The molecule has 1 N–H and O–H groups in total. The molecule has 0 saturated heterocycles. The minimum absolute atomic E-state index is 0.00573. The fraction of sp³-hybridized carbons (Fsp3) is 0.556. The fourth-order valence-corrected chi connectivity index (χ4v) is 6.29. The second kappa shape index (κ2) is 10.4. The van der Waals surface area contributed by atoms with Gasteiger partial charge in [0.05, 0.1) is 45.4 Å². The summed E-state index contributed by atoms with van der Waals surface area (Å²) in [5.74, 6) is -2.52. The number of amides is 1. The summed E-state index contributed by atoms with van der Waals surface area (Å²) >= 11 is 12.4. The zero-order chi connectivity index (χ0) is 28.9. The predicted molar refractivity (Wildman–Crippen MR) is 139 cm³/mol. The van der Waals surface area contributed by atoms with Crippen LogP contribution in [0.3, 0.4) is 0 Å². The Morgan fingerprint density at radius 3 is 2.13 bits per heavy atom. The van der Waals surface area contributed by atoms with Gasteiger partial charge >= 0.3 is 12.1 Å². The Morgan fingerprint density at radius 1 is 1.08 bits per heavy atom. The highest BCUT2D eigenvalue weighted by Gasteiger charge is 2.49. The Morgan fingerprint density at radius 2 is 1.67 bits per heavy atom. The van der Waals surface area contributed by atoms with Crippen LogP contribution in [0.2, 0.25) is 10.0 Å². The number of halogens is 5. The first-order valence-corrected chi connectivity index (χ1v) is 13.5. The quantitative estimate of drug-likeness (QED) is 0.354. The predicted octanol–water partition coefficient (Wildman–Crippen LogP) is 6.93. The molecule has 2 aliphatic rings. The molecule has 7 nitrogen and oxygen atoms in total. The molecule has 4 rings (SSSR count). The fourth-order valence-electron chi connectivity index (χ4n) is 5.68. The van der Waals surface area contributed by atoms with Crippen LogP contribution < -0.4 is 0 Å². The number of nitrogens with zero attached hydrogens (tertiary/aromatic N) is 3. The molecule has 39 heavy (non-hydrogen) atoms. The Kier molecular flexibility index (Phi) is 7.86. The van der Waals surface area contributed by atoms with Crippen molar-refractivity contribution in [3.8, 4) is 0 Å². The van der Waals surface area contributed by atoms with Crippen molar-refractivity contribution >= 4 is 40.9 Å². The first-order valence-electron chi connectivity index (χ1n) is 12.7. The summed E-state index contributed by atoms with van der Waals surface area (Å²) in [5, 5.41) is 13.6. The third kappa shape index (κ3) is 5.55. The molecule has 212 valence electrons. The van der Waals surface area contributed by atoms with Gasteiger partial charge in [-0.15, -0.1) is 0 Å². The molecule has 0 radical (unpaired) electrons. The van der Waals surface area contributed by atoms with E-state index < -0.39 is 64.6 Å². The van der Waals surface area contributed by atoms with Crippen molar-refractivity contribution in [3.63, 3.8) is 0 Å². The van der Waals surface area contributed by atoms with Crippen LogP contribution in [0.5, 0.6) is 0 Å². The van der Waals surface area contributed by atoms with E-state index in [1.54, 1.807) is 13.0 Å². The van der Waals surface area contributed by atoms with Gasteiger partial charge in [0.15, 0.2) is 11.5 Å². The number of carbonyl (C=O) groups is 3. The summed E-state index contributed by atoms with van der Waals surface area (Å²) in [5.41, 5.74) is -3.27. The van der Waals surface area contributed by atoms with Gasteiger partial charge in [0.25, 0.3) is 5.91 Å². The maximum absolute atomic E-state index is 14.5. The van der Waals surface area contributed by atoms with Crippen LogP contribution in [-0.4, -0.2) is 50.0 Å². The third-order valence-corrected chi connectivity index (χ3v) is 9.00. The minimum Gasteiger partial charge on any atom is -0.481 e. The van der Waals surface area contributed by atoms with Gasteiger partial charge in [-0.05, 0) is 63.0 Å². The van der Waals surface area contributed by atoms with E-state index in [0.29, 0.717) is 6.42 Å². The van der Waals surface area contributed by atoms with Gasteiger partial charge in [0.1, 0.15) is 0 Å². The van der Waals surface area contributed by atoms with Gasteiger partial charge in [0.2, 0.25) is 0 Å². The highest BCUT2D eigenvalue weighted by molar-refractivity contribution is 6.40. The summed E-state index contributed by atoms with van der Waals surface area (Å²) in [6.45, 7) is 4.86. The molecule has 12 heteroatoms. The Labute approximate surface area is 234 Å². The third-order valence-electron chi connectivity index (χ3n) is 8.37. The number of hydrogen-bond donors (Lipinski definition) is 1. The van der Waals surface area contributed by atoms with Gasteiger partial charge < -0.3 is 10.0 Å². The highest BCUT2D eigenvalue weighted by Crippen LogP contribution is 2.46. The van der Waals surface area contributed by atoms with E-state index in [9.17, 15) is 32.7 Å². The first kappa shape index (κ1) is 29.4. The lowest BCUT2D eigenvalue weighted by Crippen LogP contribution is -2.56. The van der Waals surface area contributed by atoms with Crippen LogP contribution in [0.25, 0.3) is 0 Å². The summed E-state index contributed by atoms with van der Waals surface area (Å²) in [6, 6.07) is 3.32. The Bertz CT molecular complexity index is 1280. The van der Waals surface area contributed by atoms with Gasteiger partial charge in [-0.1, -0.05) is 43.1 Å². The average Bonchev–Trinajstić information content (AvgIpc) is 3.29. The second-order valence-electron chi connectivity index (χ2n) is 11.4. The Hall–Kier alpha value is -2.59. The SMILES string of the molecule is CC1(C)CC[C@H]1N(CC(=O)c1c(Cl)cccc1Cl)C(=O)c1cnn([C@H]2CC[C@](C)(C(=O)O)CC2)c1C(F)(F)F. The number of hydrogen-bond acceptors (Lipinski definition) is 4. The summed E-state index contributed by atoms with van der Waals surface area (Å²) in [4.78, 5) is 39.9. The van der Waals surface area contributed by atoms with E-state index in [0.717, 1.165) is 17.3 Å². The molecule has 1 aromatic carbocycles. The molecular weight excluding hydrogens is 558 g/mol. The lowest BCUT2D eigenvalue weighted by molar-refractivity contribution is -0.152. The minimum atomic E-state index is -4.91. The van der Waals surface area contributed by atoms with Crippen molar-refractivity contribution in [3.05, 3.63) is 51.3 Å². The molecule has 0 spiro atoms. The van der Waals surface area contributed by atoms with Crippen LogP contribution in [0, 0.1) is 10.8 Å². The van der Waals surface area contributed by atoms with E-state index in [2.05, 4.69) is 5.10 Å². The lowest BCUT2D eigenvalue weighted by Gasteiger charge is -2.50. The van der Waals surface area contributed by atoms with Crippen molar-refractivity contribution in [1.29, 1.82) is 0 Å². The maximum atomic E-state index is 14.5. The highest BCUT2D eigenvalue weighted by atomic mass is 35.5. The number of carboxylic acid groups (broad SMARTS) is 1. The lowest BCUT2D eigenvalue weighted by atomic mass is 9.66. The molecule has 1 heterocycles. The average molecular weight is 588 g/mol. The number of Topliss-reactive ketones (excluding diaryl/α,β-unsaturated/α-hetero) is 1. The standard InChI is InChI=1S/C27H30Cl2F3N3O4/c1-25(2)10-9-20(25)34(14-19(36)21-17(28)5-4-6-18(21)29)23(37)16-13-33-35(22(16)27(30,31)32)15-7-11-26(3,12-8-15)24(38)39/h4-6,13,15,20H,7-12,14H2,1-3H3,(H,38,39)/t15-,20-,26-/m1/s1. The molecule has 2 saturated carbocycles. The van der Waals surface area contributed by atoms with Gasteiger partial charge in [-0.2, -0.15) is 18.3 Å². The number of carbonyl (C=O) groups excluding carboxylic acids is 2. The summed E-state index contributed by atoms with van der Waals surface area (Å²) in [7, 11) is 0. The molecule has 2 aromatic rings. The number of benzene rings is 1. The van der Waals surface area contributed by atoms with Crippen molar-refractivity contribution in [2.24, 2.45) is 10.8 Å². The van der Waals surface area contributed by atoms with Crippen LogP contribution in [0.1, 0.15) is 91.7 Å². The molecule has 1 atom stereocenters. The van der Waals surface area contributed by atoms with Gasteiger partial charge in [-0.25, -0.2) is 0 Å². The molecule has 1 amide bonds. The van der Waals surface area contributed by atoms with E-state index >= 15 is 0 Å². The molecular formula is C27H30Cl2F3N3O4. The number of alkyl halides is 3. The maximum Gasteiger partial charge on any atom is 0.433 e. The molecule has 2 aliphatic carbocycles. The van der Waals surface area contributed by atoms with E-state index in [-0.39, 0.29) is 41.3 Å². The van der Waals surface area contributed by atoms with Crippen LogP contribution in [0.15, 0.2) is 24.4 Å². The number of aliphatic carboxylic acids is 1. The van der Waals surface area contributed by atoms with Gasteiger partial charge in [0, 0.05) is 6.04 Å². The number of aromatic nitrogens is 2. The smallest absolute Gasteiger partial charge is 0.433 e. The van der Waals surface area contributed by atoms with E-state index in [4.69, 9.17) is 23.2 Å². The van der Waals surface area contributed by atoms with Crippen LogP contribution >= 0.6 is 23.2 Å². The largest absolute Gasteiger partial charge is 0.481 e. The van der Waals surface area contributed by atoms with Crippen LogP contribution in [-0.2, 0) is 11.0 Å². The monoisotopic (exact) mass is 587 g/mol. The zero-order valence-corrected chi connectivity index (χ0v) is 23.3. The van der Waals surface area contributed by atoms with Crippen molar-refractivity contribution in [2.45, 2.75) is 77.6 Å². The molecule has 0 bridgehead atoms. The first-order chi connectivity index (χ1) is 18.1. The molecule has 0 unspecified atom stereocenters. The second-order valence-corrected chi connectivity index (χ2v) is 12.3. The molecule has 0 aliphatic heterocycles. The van der Waals surface area contributed by atoms with E-state index in [1.165, 1.54) is 17.0 Å².